The molecule has 16 heavy (non-hydrogen) atoms. The summed E-state index contributed by atoms with van der Waals surface area (Å²) in [7, 11) is 0. The second kappa shape index (κ2) is 4.93. The van der Waals surface area contributed by atoms with Crippen LogP contribution in [0.5, 0.6) is 0 Å². The Bertz CT molecular complexity index is 528. The molecule has 0 saturated carbocycles. The summed E-state index contributed by atoms with van der Waals surface area (Å²) < 4.78 is 0.932. The van der Waals surface area contributed by atoms with Crippen LogP contribution in [0.15, 0.2) is 42.7 Å². The quantitative estimate of drug-likeness (QED) is 0.616. The molecule has 2 nitrogen and oxygen atoms in total. The third-order valence-corrected chi connectivity index (χ3v) is 3.68. The molecule has 1 heterocycles. The topological polar surface area (TPSA) is 30.0 Å². The number of ketones is 1. The van der Waals surface area contributed by atoms with Gasteiger partial charge in [0.15, 0.2) is 5.78 Å². The normalized spacial score (nSPS) is 10.1. The van der Waals surface area contributed by atoms with Crippen LogP contribution in [0, 0.1) is 3.57 Å². The van der Waals surface area contributed by atoms with Crippen molar-refractivity contribution in [3.63, 3.8) is 0 Å². The number of benzene rings is 1. The van der Waals surface area contributed by atoms with Crippen molar-refractivity contribution < 1.29 is 4.79 Å². The highest BCUT2D eigenvalue weighted by molar-refractivity contribution is 14.1. The van der Waals surface area contributed by atoms with Gasteiger partial charge in [-0.1, -0.05) is 11.6 Å². The van der Waals surface area contributed by atoms with E-state index in [2.05, 4.69) is 27.6 Å². The van der Waals surface area contributed by atoms with Crippen LogP contribution < -0.4 is 0 Å². The van der Waals surface area contributed by atoms with E-state index in [9.17, 15) is 4.79 Å². The molecule has 4 heteroatoms. The highest BCUT2D eigenvalue weighted by Gasteiger charge is 2.10. The number of hydrogen-bond donors (Lipinski definition) is 0. The summed E-state index contributed by atoms with van der Waals surface area (Å²) >= 11 is 8.09. The number of rotatable bonds is 2. The summed E-state index contributed by atoms with van der Waals surface area (Å²) in [5.41, 5.74) is 1.15. The second-order valence-electron chi connectivity index (χ2n) is 3.20. The molecule has 0 aliphatic heterocycles. The molecule has 0 radical (unpaired) electrons. The van der Waals surface area contributed by atoms with Crippen molar-refractivity contribution >= 4 is 40.0 Å². The molecule has 0 unspecified atom stereocenters. The van der Waals surface area contributed by atoms with Crippen molar-refractivity contribution in [2.24, 2.45) is 0 Å². The van der Waals surface area contributed by atoms with Gasteiger partial charge in [-0.3, -0.25) is 9.78 Å². The molecule has 0 bridgehead atoms. The second-order valence-corrected chi connectivity index (χ2v) is 4.77. The van der Waals surface area contributed by atoms with Crippen LogP contribution in [0.1, 0.15) is 15.9 Å². The Balaban J connectivity index is 2.39. The molecule has 0 atom stereocenters. The highest BCUT2D eigenvalue weighted by Crippen LogP contribution is 2.21. The Morgan fingerprint density at radius 2 is 2.06 bits per heavy atom. The fourth-order valence-electron chi connectivity index (χ4n) is 1.30. The first-order valence-electron chi connectivity index (χ1n) is 4.58. The molecule has 0 fully saturated rings. The van der Waals surface area contributed by atoms with Gasteiger partial charge in [0, 0.05) is 27.1 Å². The van der Waals surface area contributed by atoms with E-state index >= 15 is 0 Å². The van der Waals surface area contributed by atoms with Gasteiger partial charge in [0.2, 0.25) is 0 Å². The molecular formula is C12H7ClINO. The highest BCUT2D eigenvalue weighted by atomic mass is 127. The van der Waals surface area contributed by atoms with Gasteiger partial charge in [0.25, 0.3) is 0 Å². The van der Waals surface area contributed by atoms with Crippen molar-refractivity contribution in [3.05, 3.63) is 62.4 Å². The Kier molecular flexibility index (Phi) is 3.56. The molecule has 1 aromatic carbocycles. The lowest BCUT2D eigenvalue weighted by atomic mass is 10.1. The van der Waals surface area contributed by atoms with Crippen LogP contribution in [0.2, 0.25) is 5.02 Å². The zero-order valence-corrected chi connectivity index (χ0v) is 11.1. The molecule has 0 aliphatic rings. The molecule has 1 aromatic heterocycles. The average Bonchev–Trinajstić information content (AvgIpc) is 2.33. The lowest BCUT2D eigenvalue weighted by molar-refractivity contribution is 0.103. The molecule has 0 aliphatic carbocycles. The number of aromatic nitrogens is 1. The maximum absolute atomic E-state index is 12.0. The summed E-state index contributed by atoms with van der Waals surface area (Å²) in [5, 5.41) is 0.593. The molecular weight excluding hydrogens is 336 g/mol. The predicted octanol–water partition coefficient (Wildman–Crippen LogP) is 3.57. The Hall–Kier alpha value is -0.940. The zero-order chi connectivity index (χ0) is 11.5. The Labute approximate surface area is 112 Å². The van der Waals surface area contributed by atoms with Crippen molar-refractivity contribution in [2.75, 3.05) is 0 Å². The van der Waals surface area contributed by atoms with E-state index in [0.717, 1.165) is 3.57 Å². The van der Waals surface area contributed by atoms with E-state index in [1.165, 1.54) is 0 Å². The van der Waals surface area contributed by atoms with Crippen molar-refractivity contribution in [3.8, 4) is 0 Å². The number of hydrogen-bond acceptors (Lipinski definition) is 2. The van der Waals surface area contributed by atoms with Gasteiger partial charge in [0.1, 0.15) is 0 Å². The first-order chi connectivity index (χ1) is 7.68. The largest absolute Gasteiger partial charge is 0.289 e. The molecule has 0 amide bonds. The Morgan fingerprint density at radius 3 is 2.69 bits per heavy atom. The fraction of sp³-hybridized carbons (Fsp3) is 0. The molecule has 2 rings (SSSR count). The lowest BCUT2D eigenvalue weighted by Crippen LogP contribution is -2.01. The maximum Gasteiger partial charge on any atom is 0.194 e. The molecule has 0 N–H and O–H groups in total. The minimum Gasteiger partial charge on any atom is -0.289 e. The molecule has 80 valence electrons. The van der Waals surface area contributed by atoms with Gasteiger partial charge in [-0.05, 0) is 52.9 Å². The number of carbonyl (C=O) groups is 1. The van der Waals surface area contributed by atoms with E-state index in [1.54, 1.807) is 36.7 Å². The molecule has 2 aromatic rings. The minimum absolute atomic E-state index is 0.0635. The van der Waals surface area contributed by atoms with Gasteiger partial charge in [0.05, 0.1) is 5.02 Å². The number of nitrogens with zero attached hydrogens (tertiary/aromatic N) is 1. The number of pyridine rings is 1. The van der Waals surface area contributed by atoms with Crippen LogP contribution in [0.3, 0.4) is 0 Å². The van der Waals surface area contributed by atoms with Gasteiger partial charge in [-0.15, -0.1) is 0 Å². The van der Waals surface area contributed by atoms with Crippen LogP contribution >= 0.6 is 34.2 Å². The maximum atomic E-state index is 12.0. The number of carbonyl (C=O) groups excluding carboxylic acids is 1. The SMILES string of the molecule is O=C(c1cccnc1)c1ccc(I)c(Cl)c1. The third kappa shape index (κ3) is 2.41. The van der Waals surface area contributed by atoms with Crippen molar-refractivity contribution in [1.29, 1.82) is 0 Å². The van der Waals surface area contributed by atoms with Crippen LogP contribution in [-0.4, -0.2) is 10.8 Å². The fourth-order valence-corrected chi connectivity index (χ4v) is 1.82. The lowest BCUT2D eigenvalue weighted by Gasteiger charge is -2.02. The van der Waals surface area contributed by atoms with Crippen molar-refractivity contribution in [1.82, 2.24) is 4.98 Å². The zero-order valence-electron chi connectivity index (χ0n) is 8.15. The van der Waals surface area contributed by atoms with Gasteiger partial charge in [-0.2, -0.15) is 0 Å². The summed E-state index contributed by atoms with van der Waals surface area (Å²) in [6.07, 6.45) is 3.19. The van der Waals surface area contributed by atoms with E-state index < -0.39 is 0 Å². The van der Waals surface area contributed by atoms with E-state index in [1.807, 2.05) is 6.07 Å². The van der Waals surface area contributed by atoms with Crippen LogP contribution in [0.4, 0.5) is 0 Å². The van der Waals surface area contributed by atoms with E-state index in [4.69, 9.17) is 11.6 Å². The molecule has 0 spiro atoms. The smallest absolute Gasteiger partial charge is 0.194 e. The molecule has 0 saturated heterocycles. The first-order valence-corrected chi connectivity index (χ1v) is 6.04. The first kappa shape index (κ1) is 11.5. The van der Waals surface area contributed by atoms with Crippen LogP contribution in [-0.2, 0) is 0 Å². The average molecular weight is 344 g/mol. The standard InChI is InChI=1S/C12H7ClINO/c13-10-6-8(3-4-11(10)14)12(16)9-2-1-5-15-7-9/h1-7H. The third-order valence-electron chi connectivity index (χ3n) is 2.11. The summed E-state index contributed by atoms with van der Waals surface area (Å²) in [4.78, 5) is 15.9. The predicted molar refractivity (Wildman–Crippen MR) is 71.8 cm³/mol. The van der Waals surface area contributed by atoms with Crippen LogP contribution in [0.25, 0.3) is 0 Å². The summed E-state index contributed by atoms with van der Waals surface area (Å²) in [6.45, 7) is 0. The van der Waals surface area contributed by atoms with E-state index in [0.29, 0.717) is 16.1 Å². The van der Waals surface area contributed by atoms with E-state index in [-0.39, 0.29) is 5.78 Å². The summed E-state index contributed by atoms with van der Waals surface area (Å²) in [5.74, 6) is -0.0635. The van der Waals surface area contributed by atoms with Gasteiger partial charge >= 0.3 is 0 Å². The van der Waals surface area contributed by atoms with Crippen molar-refractivity contribution in [2.45, 2.75) is 0 Å². The van der Waals surface area contributed by atoms with Gasteiger partial charge < -0.3 is 0 Å². The number of halogens is 2. The monoisotopic (exact) mass is 343 g/mol. The Morgan fingerprint density at radius 1 is 1.25 bits per heavy atom. The summed E-state index contributed by atoms with van der Waals surface area (Å²) in [6, 6.07) is 8.75. The minimum atomic E-state index is -0.0635. The van der Waals surface area contributed by atoms with Gasteiger partial charge in [-0.25, -0.2) is 0 Å².